The third-order valence-corrected chi connectivity index (χ3v) is 1.24. The summed E-state index contributed by atoms with van der Waals surface area (Å²) in [6.45, 7) is 1.90. The van der Waals surface area contributed by atoms with Crippen molar-refractivity contribution < 1.29 is 19.4 Å². The summed E-state index contributed by atoms with van der Waals surface area (Å²) in [5.41, 5.74) is 4.77. The van der Waals surface area contributed by atoms with Gasteiger partial charge in [-0.25, -0.2) is 0 Å². The highest BCUT2D eigenvalue weighted by atomic mass is 16.5. The molecule has 0 saturated carbocycles. The van der Waals surface area contributed by atoms with Gasteiger partial charge >= 0.3 is 5.97 Å². The molecule has 0 aliphatic carbocycles. The molecule has 6 heteroatoms. The first-order valence-electron chi connectivity index (χ1n) is 3.91. The van der Waals surface area contributed by atoms with Crippen molar-refractivity contribution >= 4 is 11.9 Å². The van der Waals surface area contributed by atoms with Crippen LogP contribution in [0.25, 0.3) is 0 Å². The number of amides is 1. The number of hydrogen-bond donors (Lipinski definition) is 3. The van der Waals surface area contributed by atoms with Crippen LogP contribution in [0, 0.1) is 0 Å². The monoisotopic (exact) mass is 190 g/mol. The molecule has 0 saturated heterocycles. The second-order valence-corrected chi connectivity index (χ2v) is 2.35. The Bertz CT molecular complexity index is 183. The molecular formula is C7H14N2O4. The van der Waals surface area contributed by atoms with E-state index in [-0.39, 0.29) is 13.1 Å². The van der Waals surface area contributed by atoms with Gasteiger partial charge in [-0.05, 0) is 6.92 Å². The van der Waals surface area contributed by atoms with Crippen LogP contribution in [0.15, 0.2) is 0 Å². The van der Waals surface area contributed by atoms with Gasteiger partial charge in [0.15, 0.2) is 0 Å². The highest BCUT2D eigenvalue weighted by Crippen LogP contribution is 1.79. The number of carbonyl (C=O) groups excluding carboxylic acids is 2. The molecule has 1 atom stereocenters. The Hall–Kier alpha value is -1.14. The number of aliphatic hydroxyl groups excluding tert-OH is 1. The van der Waals surface area contributed by atoms with Crippen molar-refractivity contribution in [1.29, 1.82) is 0 Å². The number of esters is 1. The summed E-state index contributed by atoms with van der Waals surface area (Å²) in [7, 11) is 0. The second kappa shape index (κ2) is 6.38. The molecule has 0 radical (unpaired) electrons. The first kappa shape index (κ1) is 11.9. The molecule has 0 fully saturated rings. The van der Waals surface area contributed by atoms with E-state index < -0.39 is 18.0 Å². The van der Waals surface area contributed by atoms with Crippen molar-refractivity contribution in [2.45, 2.75) is 13.0 Å². The molecule has 13 heavy (non-hydrogen) atoms. The molecular weight excluding hydrogens is 176 g/mol. The summed E-state index contributed by atoms with van der Waals surface area (Å²) < 4.78 is 4.58. The fraction of sp³-hybridized carbons (Fsp3) is 0.714. The van der Waals surface area contributed by atoms with E-state index >= 15 is 0 Å². The summed E-state index contributed by atoms with van der Waals surface area (Å²) in [4.78, 5) is 21.0. The smallest absolute Gasteiger partial charge is 0.319 e. The maximum atomic E-state index is 10.7. The van der Waals surface area contributed by atoms with E-state index in [0.29, 0.717) is 6.61 Å². The van der Waals surface area contributed by atoms with E-state index in [1.807, 2.05) is 0 Å². The van der Waals surface area contributed by atoms with Crippen molar-refractivity contribution in [2.24, 2.45) is 5.73 Å². The number of hydrogen-bond acceptors (Lipinski definition) is 5. The average Bonchev–Trinajstić information content (AvgIpc) is 2.04. The number of carbonyl (C=O) groups is 2. The highest BCUT2D eigenvalue weighted by Gasteiger charge is 2.10. The van der Waals surface area contributed by atoms with Crippen LogP contribution < -0.4 is 11.1 Å². The molecule has 0 heterocycles. The Labute approximate surface area is 76.0 Å². The second-order valence-electron chi connectivity index (χ2n) is 2.35. The Morgan fingerprint density at radius 3 is 2.69 bits per heavy atom. The molecule has 0 aromatic heterocycles. The first-order valence-corrected chi connectivity index (χ1v) is 3.91. The lowest BCUT2D eigenvalue weighted by molar-refractivity contribution is -0.142. The minimum atomic E-state index is -1.27. The zero-order valence-corrected chi connectivity index (χ0v) is 7.45. The average molecular weight is 190 g/mol. The Morgan fingerprint density at radius 1 is 1.62 bits per heavy atom. The summed E-state index contributed by atoms with van der Waals surface area (Å²) >= 11 is 0. The van der Waals surface area contributed by atoms with Gasteiger partial charge in [-0.2, -0.15) is 0 Å². The number of rotatable bonds is 6. The lowest BCUT2D eigenvalue weighted by Crippen LogP contribution is -2.39. The quantitative estimate of drug-likeness (QED) is 0.420. The zero-order valence-electron chi connectivity index (χ0n) is 7.45. The van der Waals surface area contributed by atoms with E-state index in [1.54, 1.807) is 6.92 Å². The maximum absolute atomic E-state index is 10.7. The van der Waals surface area contributed by atoms with Crippen molar-refractivity contribution in [1.82, 2.24) is 5.32 Å². The van der Waals surface area contributed by atoms with Crippen LogP contribution in [0.5, 0.6) is 0 Å². The van der Waals surface area contributed by atoms with E-state index in [9.17, 15) is 9.59 Å². The minimum absolute atomic E-state index is 0.0435. The molecule has 0 aromatic carbocycles. The molecule has 6 nitrogen and oxygen atoms in total. The molecule has 4 N–H and O–H groups in total. The fourth-order valence-corrected chi connectivity index (χ4v) is 0.624. The van der Waals surface area contributed by atoms with Crippen LogP contribution in [-0.2, 0) is 14.3 Å². The Kier molecular flexibility index (Phi) is 5.82. The SMILES string of the molecule is CCOC(=O)CNCC(O)C(N)=O. The predicted molar refractivity (Wildman–Crippen MR) is 44.7 cm³/mol. The van der Waals surface area contributed by atoms with Gasteiger partial charge in [0, 0.05) is 6.54 Å². The fourth-order valence-electron chi connectivity index (χ4n) is 0.624. The van der Waals surface area contributed by atoms with Gasteiger partial charge in [-0.3, -0.25) is 9.59 Å². The standard InChI is InChI=1S/C7H14N2O4/c1-2-13-6(11)4-9-3-5(10)7(8)12/h5,9-10H,2-4H2,1H3,(H2,8,12). The summed E-state index contributed by atoms with van der Waals surface area (Å²) in [5, 5.41) is 11.4. The van der Waals surface area contributed by atoms with Gasteiger partial charge < -0.3 is 20.9 Å². The third kappa shape index (κ3) is 6.06. The van der Waals surface area contributed by atoms with E-state index in [0.717, 1.165) is 0 Å². The molecule has 0 aliphatic rings. The summed E-state index contributed by atoms with van der Waals surface area (Å²) in [6.07, 6.45) is -1.27. The van der Waals surface area contributed by atoms with Crippen LogP contribution in [0.1, 0.15) is 6.92 Å². The number of nitrogens with one attached hydrogen (secondary N) is 1. The molecule has 0 aromatic rings. The number of aliphatic hydroxyl groups is 1. The van der Waals surface area contributed by atoms with Crippen molar-refractivity contribution in [3.05, 3.63) is 0 Å². The van der Waals surface area contributed by atoms with Crippen molar-refractivity contribution in [2.75, 3.05) is 19.7 Å². The molecule has 0 bridgehead atoms. The summed E-state index contributed by atoms with van der Waals surface area (Å²) in [5.74, 6) is -1.25. The number of primary amides is 1. The predicted octanol–water partition coefficient (Wildman–Crippen LogP) is -2.01. The molecule has 1 amide bonds. The maximum Gasteiger partial charge on any atom is 0.319 e. The van der Waals surface area contributed by atoms with E-state index in [2.05, 4.69) is 10.1 Å². The Balaban J connectivity index is 3.44. The van der Waals surface area contributed by atoms with Crippen LogP contribution in [-0.4, -0.2) is 42.8 Å². The van der Waals surface area contributed by atoms with E-state index in [4.69, 9.17) is 10.8 Å². The lowest BCUT2D eigenvalue weighted by atomic mass is 10.3. The van der Waals surface area contributed by atoms with E-state index in [1.165, 1.54) is 0 Å². The zero-order chi connectivity index (χ0) is 10.3. The number of nitrogens with two attached hydrogens (primary N) is 1. The molecule has 0 aliphatic heterocycles. The third-order valence-electron chi connectivity index (χ3n) is 1.24. The van der Waals surface area contributed by atoms with Gasteiger partial charge in [0.2, 0.25) is 5.91 Å². The molecule has 0 rings (SSSR count). The Morgan fingerprint density at radius 2 is 2.23 bits per heavy atom. The van der Waals surface area contributed by atoms with Gasteiger partial charge in [-0.15, -0.1) is 0 Å². The van der Waals surface area contributed by atoms with Crippen LogP contribution in [0.3, 0.4) is 0 Å². The topological polar surface area (TPSA) is 102 Å². The lowest BCUT2D eigenvalue weighted by Gasteiger charge is -2.07. The van der Waals surface area contributed by atoms with Crippen LogP contribution >= 0.6 is 0 Å². The van der Waals surface area contributed by atoms with Crippen molar-refractivity contribution in [3.8, 4) is 0 Å². The summed E-state index contributed by atoms with van der Waals surface area (Å²) in [6, 6.07) is 0. The number of ether oxygens (including phenoxy) is 1. The molecule has 76 valence electrons. The highest BCUT2D eigenvalue weighted by molar-refractivity contribution is 5.78. The molecule has 0 spiro atoms. The van der Waals surface area contributed by atoms with Gasteiger partial charge in [0.1, 0.15) is 6.10 Å². The van der Waals surface area contributed by atoms with Crippen molar-refractivity contribution in [3.63, 3.8) is 0 Å². The van der Waals surface area contributed by atoms with Gasteiger partial charge in [0.25, 0.3) is 0 Å². The van der Waals surface area contributed by atoms with Gasteiger partial charge in [0.05, 0.1) is 13.2 Å². The first-order chi connectivity index (χ1) is 6.07. The largest absolute Gasteiger partial charge is 0.465 e. The normalized spacial score (nSPS) is 12.2. The minimum Gasteiger partial charge on any atom is -0.465 e. The van der Waals surface area contributed by atoms with Crippen LogP contribution in [0.4, 0.5) is 0 Å². The van der Waals surface area contributed by atoms with Gasteiger partial charge in [-0.1, -0.05) is 0 Å². The van der Waals surface area contributed by atoms with Crippen LogP contribution in [0.2, 0.25) is 0 Å². The molecule has 1 unspecified atom stereocenters.